The topological polar surface area (TPSA) is 90.4 Å². The van der Waals surface area contributed by atoms with Gasteiger partial charge in [0.25, 0.3) is 5.69 Å². The van der Waals surface area contributed by atoms with Crippen LogP contribution in [-0.4, -0.2) is 10.7 Å². The Kier molecular flexibility index (Phi) is 4.75. The summed E-state index contributed by atoms with van der Waals surface area (Å²) in [5, 5.41) is 11.4. The molecule has 0 saturated carbocycles. The quantitative estimate of drug-likeness (QED) is 0.298. The predicted octanol–water partition coefficient (Wildman–Crippen LogP) is 4.16. The van der Waals surface area contributed by atoms with Crippen LogP contribution in [0.4, 0.5) is 5.69 Å². The number of carbonyl (C=O) groups is 1. The van der Waals surface area contributed by atoms with Gasteiger partial charge in [-0.15, -0.1) is 0 Å². The Hall–Kier alpha value is -3.54. The molecule has 3 rings (SSSR count). The number of ketones is 1. The van der Waals surface area contributed by atoms with Crippen molar-refractivity contribution in [1.29, 1.82) is 0 Å². The lowest BCUT2D eigenvalue weighted by Crippen LogP contribution is -2.17. The summed E-state index contributed by atoms with van der Waals surface area (Å²) in [4.78, 5) is 35.9. The molecule has 0 atom stereocenters. The minimum absolute atomic E-state index is 0.0407. The number of benzene rings is 2. The van der Waals surface area contributed by atoms with Gasteiger partial charge in [-0.05, 0) is 30.4 Å². The molecule has 1 aromatic heterocycles. The summed E-state index contributed by atoms with van der Waals surface area (Å²) in [5.74, 6) is -0.245. The summed E-state index contributed by atoms with van der Waals surface area (Å²) in [6, 6.07) is 12.8. The van der Waals surface area contributed by atoms with E-state index in [4.69, 9.17) is 4.42 Å². The maximum Gasteiger partial charge on any atom is 0.276 e. The van der Waals surface area contributed by atoms with E-state index in [1.807, 2.05) is 0 Å². The summed E-state index contributed by atoms with van der Waals surface area (Å²) >= 11 is 0. The van der Waals surface area contributed by atoms with Crippen LogP contribution in [-0.2, 0) is 6.42 Å². The van der Waals surface area contributed by atoms with Crippen LogP contribution in [0.3, 0.4) is 0 Å². The van der Waals surface area contributed by atoms with E-state index < -0.39 is 16.1 Å². The molecule has 6 nitrogen and oxygen atoms in total. The van der Waals surface area contributed by atoms with Crippen LogP contribution in [0.5, 0.6) is 0 Å². The van der Waals surface area contributed by atoms with Crippen LogP contribution in [0.2, 0.25) is 0 Å². The van der Waals surface area contributed by atoms with E-state index in [9.17, 15) is 19.7 Å². The third-order valence-corrected chi connectivity index (χ3v) is 3.99. The van der Waals surface area contributed by atoms with Crippen molar-refractivity contribution in [1.82, 2.24) is 0 Å². The molecule has 0 fully saturated rings. The van der Waals surface area contributed by atoms with Gasteiger partial charge in [0, 0.05) is 12.5 Å². The van der Waals surface area contributed by atoms with Gasteiger partial charge in [0.05, 0.1) is 15.9 Å². The number of nitro groups is 1. The molecule has 26 heavy (non-hydrogen) atoms. The number of carbonyl (C=O) groups excluding carboxylic acids is 1. The highest BCUT2D eigenvalue weighted by Gasteiger charge is 2.18. The van der Waals surface area contributed by atoms with Gasteiger partial charge in [-0.2, -0.15) is 0 Å². The molecular formula is C20H15NO5. The number of nitro benzene ring substituents is 1. The van der Waals surface area contributed by atoms with Gasteiger partial charge < -0.3 is 4.42 Å². The molecule has 0 radical (unpaired) electrons. The predicted molar refractivity (Wildman–Crippen MR) is 98.3 cm³/mol. The summed E-state index contributed by atoms with van der Waals surface area (Å²) < 4.78 is 5.70. The van der Waals surface area contributed by atoms with Crippen molar-refractivity contribution in [2.75, 3.05) is 0 Å². The highest BCUT2D eigenvalue weighted by molar-refractivity contribution is 6.08. The van der Waals surface area contributed by atoms with Gasteiger partial charge in [-0.1, -0.05) is 31.2 Å². The van der Waals surface area contributed by atoms with E-state index >= 15 is 0 Å². The third-order valence-electron chi connectivity index (χ3n) is 3.99. The normalized spacial score (nSPS) is 11.1. The average molecular weight is 349 g/mol. The van der Waals surface area contributed by atoms with Crippen LogP contribution in [0.25, 0.3) is 17.0 Å². The molecule has 0 bridgehead atoms. The second-order valence-electron chi connectivity index (χ2n) is 5.59. The number of rotatable bonds is 5. The molecule has 0 aliphatic heterocycles. The summed E-state index contributed by atoms with van der Waals surface area (Å²) in [6.07, 6.45) is 2.89. The highest BCUT2D eigenvalue weighted by atomic mass is 16.6. The standard InChI is InChI=1S/C20H15NO5/c1-2-17-19(20(23)14-8-4-6-10-18(14)26-17)16(22)12-11-13-7-3-5-9-15(13)21(24)25/h3-12H,2H2,1H3/b12-11+. The van der Waals surface area contributed by atoms with E-state index in [1.165, 1.54) is 24.3 Å². The van der Waals surface area contributed by atoms with Crippen molar-refractivity contribution >= 4 is 28.5 Å². The number of allylic oxidation sites excluding steroid dienone is 1. The molecule has 1 heterocycles. The molecule has 0 amide bonds. The van der Waals surface area contributed by atoms with Gasteiger partial charge in [-0.25, -0.2) is 0 Å². The molecule has 0 saturated heterocycles. The highest BCUT2D eigenvalue weighted by Crippen LogP contribution is 2.20. The molecule has 0 aliphatic rings. The number of aryl methyl sites for hydroxylation is 1. The fourth-order valence-corrected chi connectivity index (χ4v) is 2.73. The lowest BCUT2D eigenvalue weighted by atomic mass is 10.0. The SMILES string of the molecule is CCc1oc2ccccc2c(=O)c1C(=O)/C=C/c1ccccc1[N+](=O)[O-]. The van der Waals surface area contributed by atoms with Gasteiger partial charge in [0.15, 0.2) is 5.78 Å². The average Bonchev–Trinajstić information content (AvgIpc) is 2.66. The van der Waals surface area contributed by atoms with E-state index in [0.717, 1.165) is 0 Å². The second-order valence-corrected chi connectivity index (χ2v) is 5.59. The lowest BCUT2D eigenvalue weighted by Gasteiger charge is -2.06. The van der Waals surface area contributed by atoms with E-state index in [-0.39, 0.29) is 16.8 Å². The first-order valence-electron chi connectivity index (χ1n) is 8.03. The van der Waals surface area contributed by atoms with Gasteiger partial charge in [-0.3, -0.25) is 19.7 Å². The number of hydrogen-bond donors (Lipinski definition) is 0. The minimum atomic E-state index is -0.542. The maximum absolute atomic E-state index is 12.7. The van der Waals surface area contributed by atoms with Crippen molar-refractivity contribution in [2.24, 2.45) is 0 Å². The van der Waals surface area contributed by atoms with Crippen LogP contribution >= 0.6 is 0 Å². The number of fused-ring (bicyclic) bond motifs is 1. The zero-order chi connectivity index (χ0) is 18.7. The summed E-state index contributed by atoms with van der Waals surface area (Å²) in [7, 11) is 0. The Labute approximate surface area is 148 Å². The van der Waals surface area contributed by atoms with Crippen molar-refractivity contribution in [3.05, 3.63) is 91.8 Å². The van der Waals surface area contributed by atoms with E-state index in [2.05, 4.69) is 0 Å². The minimum Gasteiger partial charge on any atom is -0.460 e. The monoisotopic (exact) mass is 349 g/mol. The van der Waals surface area contributed by atoms with Gasteiger partial charge >= 0.3 is 0 Å². The molecular weight excluding hydrogens is 334 g/mol. The molecule has 130 valence electrons. The van der Waals surface area contributed by atoms with Crippen LogP contribution in [0.1, 0.15) is 28.6 Å². The zero-order valence-corrected chi connectivity index (χ0v) is 14.0. The lowest BCUT2D eigenvalue weighted by molar-refractivity contribution is -0.385. The zero-order valence-electron chi connectivity index (χ0n) is 14.0. The molecule has 0 spiro atoms. The first kappa shape index (κ1) is 17.3. The molecule has 3 aromatic rings. The first-order valence-corrected chi connectivity index (χ1v) is 8.03. The summed E-state index contributed by atoms with van der Waals surface area (Å²) in [5.41, 5.74) is 0.155. The smallest absolute Gasteiger partial charge is 0.276 e. The molecule has 0 aliphatic carbocycles. The Morgan fingerprint density at radius 3 is 2.58 bits per heavy atom. The molecule has 0 unspecified atom stereocenters. The van der Waals surface area contributed by atoms with Crippen molar-refractivity contribution in [2.45, 2.75) is 13.3 Å². The van der Waals surface area contributed by atoms with Crippen LogP contribution in [0, 0.1) is 10.1 Å². The van der Waals surface area contributed by atoms with Crippen molar-refractivity contribution in [3.63, 3.8) is 0 Å². The summed E-state index contributed by atoms with van der Waals surface area (Å²) in [6.45, 7) is 1.79. The van der Waals surface area contributed by atoms with E-state index in [0.29, 0.717) is 23.2 Å². The van der Waals surface area contributed by atoms with E-state index in [1.54, 1.807) is 43.3 Å². The Morgan fingerprint density at radius 1 is 1.15 bits per heavy atom. The Bertz CT molecular complexity index is 1090. The fraction of sp³-hybridized carbons (Fsp3) is 0.100. The van der Waals surface area contributed by atoms with Crippen molar-refractivity contribution in [3.8, 4) is 0 Å². The van der Waals surface area contributed by atoms with Crippen LogP contribution < -0.4 is 5.43 Å². The molecule has 0 N–H and O–H groups in total. The number of nitrogens with zero attached hydrogens (tertiary/aromatic N) is 1. The molecule has 2 aromatic carbocycles. The Morgan fingerprint density at radius 2 is 1.85 bits per heavy atom. The number of hydrogen-bond acceptors (Lipinski definition) is 5. The maximum atomic E-state index is 12.7. The van der Waals surface area contributed by atoms with Gasteiger partial charge in [0.1, 0.15) is 16.9 Å². The van der Waals surface area contributed by atoms with Crippen LogP contribution in [0.15, 0.2) is 63.8 Å². The Balaban J connectivity index is 2.07. The van der Waals surface area contributed by atoms with Crippen molar-refractivity contribution < 1.29 is 14.1 Å². The van der Waals surface area contributed by atoms with Gasteiger partial charge in [0.2, 0.25) is 5.43 Å². The fourth-order valence-electron chi connectivity index (χ4n) is 2.73. The second kappa shape index (κ2) is 7.14. The largest absolute Gasteiger partial charge is 0.460 e. The first-order chi connectivity index (χ1) is 12.5. The third kappa shape index (κ3) is 3.17. The number of para-hydroxylation sites is 2. The molecule has 6 heteroatoms.